The summed E-state index contributed by atoms with van der Waals surface area (Å²) in [4.78, 5) is 22.9. The van der Waals surface area contributed by atoms with Gasteiger partial charge in [0.25, 0.3) is 5.91 Å². The van der Waals surface area contributed by atoms with E-state index in [1.165, 1.54) is 39.2 Å². The number of hydrogen-bond donors (Lipinski definition) is 1. The second-order valence-electron chi connectivity index (χ2n) is 4.60. The summed E-state index contributed by atoms with van der Waals surface area (Å²) in [5, 5.41) is 2.41. The summed E-state index contributed by atoms with van der Waals surface area (Å²) in [5.74, 6) is -0.771. The molecule has 100 valence electrons. The Morgan fingerprint density at radius 3 is 2.12 bits per heavy atom. The van der Waals surface area contributed by atoms with Gasteiger partial charge in [-0.2, -0.15) is 0 Å². The zero-order chi connectivity index (χ0) is 13.1. The minimum Gasteiger partial charge on any atom is -0.353 e. The molecule has 0 radical (unpaired) electrons. The van der Waals surface area contributed by atoms with Gasteiger partial charge in [0.05, 0.1) is 0 Å². The molecule has 0 aliphatic heterocycles. The van der Waals surface area contributed by atoms with Crippen LogP contribution < -0.4 is 5.32 Å². The monoisotopic (exact) mass is 241 g/mol. The van der Waals surface area contributed by atoms with E-state index in [0.717, 1.165) is 19.3 Å². The molecule has 0 aliphatic rings. The lowest BCUT2D eigenvalue weighted by molar-refractivity contribution is -0.140. The summed E-state index contributed by atoms with van der Waals surface area (Å²) in [6, 6.07) is 0. The Kier molecular flexibility index (Phi) is 9.78. The van der Waals surface area contributed by atoms with Crippen molar-refractivity contribution in [3.05, 3.63) is 0 Å². The molecule has 1 N–H and O–H groups in total. The Morgan fingerprint density at radius 2 is 1.59 bits per heavy atom. The van der Waals surface area contributed by atoms with Gasteiger partial charge >= 0.3 is 0 Å². The van der Waals surface area contributed by atoms with Gasteiger partial charge in [-0.3, -0.25) is 9.59 Å². The molecule has 3 nitrogen and oxygen atoms in total. The van der Waals surface area contributed by atoms with Crippen molar-refractivity contribution in [3.8, 4) is 0 Å². The van der Waals surface area contributed by atoms with Crippen LogP contribution in [-0.2, 0) is 9.59 Å². The zero-order valence-corrected chi connectivity index (χ0v) is 11.6. The first-order valence-electron chi connectivity index (χ1n) is 6.93. The van der Waals surface area contributed by atoms with E-state index in [-0.39, 0.29) is 11.7 Å². The summed E-state index contributed by atoms with van der Waals surface area (Å²) in [6.07, 6.45) is 8.95. The number of unbranched alkanes of at least 4 members (excludes halogenated alkanes) is 5. The molecule has 0 aromatic heterocycles. The molecule has 0 fully saturated rings. The van der Waals surface area contributed by atoms with Crippen molar-refractivity contribution in [1.82, 2.24) is 5.32 Å². The number of carbonyl (C=O) groups excluding carboxylic acids is 2. The molecular weight excluding hydrogens is 214 g/mol. The summed E-state index contributed by atoms with van der Waals surface area (Å²) in [7, 11) is 1.51. The SMILES string of the molecule is CCCCCCCCC(CC)C(=O)C(=O)NC. The molecule has 0 aromatic carbocycles. The van der Waals surface area contributed by atoms with Crippen molar-refractivity contribution < 1.29 is 9.59 Å². The van der Waals surface area contributed by atoms with Crippen LogP contribution in [0.4, 0.5) is 0 Å². The van der Waals surface area contributed by atoms with Crippen LogP contribution in [0.3, 0.4) is 0 Å². The van der Waals surface area contributed by atoms with E-state index in [4.69, 9.17) is 0 Å². The van der Waals surface area contributed by atoms with E-state index in [1.807, 2.05) is 6.92 Å². The van der Waals surface area contributed by atoms with Crippen LogP contribution >= 0.6 is 0 Å². The lowest BCUT2D eigenvalue weighted by Crippen LogP contribution is -2.32. The van der Waals surface area contributed by atoms with Gasteiger partial charge in [-0.25, -0.2) is 0 Å². The number of ketones is 1. The third-order valence-electron chi connectivity index (χ3n) is 3.22. The van der Waals surface area contributed by atoms with Crippen molar-refractivity contribution >= 4 is 11.7 Å². The standard InChI is InChI=1S/C14H27NO2/c1-4-6-7-8-9-10-11-12(5-2)13(16)14(17)15-3/h12H,4-11H2,1-3H3,(H,15,17). The van der Waals surface area contributed by atoms with Gasteiger partial charge in [0, 0.05) is 13.0 Å². The van der Waals surface area contributed by atoms with Crippen LogP contribution in [0.5, 0.6) is 0 Å². The quantitative estimate of drug-likeness (QED) is 0.472. The van der Waals surface area contributed by atoms with Crippen LogP contribution in [0.25, 0.3) is 0 Å². The Balaban J connectivity index is 3.75. The largest absolute Gasteiger partial charge is 0.353 e. The topological polar surface area (TPSA) is 46.2 Å². The molecule has 0 saturated carbocycles. The van der Waals surface area contributed by atoms with E-state index in [9.17, 15) is 9.59 Å². The number of likely N-dealkylation sites (N-methyl/N-ethyl adjacent to an activating group) is 1. The molecule has 0 saturated heterocycles. The fraction of sp³-hybridized carbons (Fsp3) is 0.857. The molecule has 0 aromatic rings. The Morgan fingerprint density at radius 1 is 1.00 bits per heavy atom. The number of nitrogens with one attached hydrogen (secondary N) is 1. The van der Waals surface area contributed by atoms with Gasteiger partial charge < -0.3 is 5.32 Å². The normalized spacial score (nSPS) is 12.2. The van der Waals surface area contributed by atoms with Crippen LogP contribution in [0.1, 0.15) is 65.2 Å². The van der Waals surface area contributed by atoms with Crippen molar-refractivity contribution in [3.63, 3.8) is 0 Å². The maximum atomic E-state index is 11.7. The Bertz CT molecular complexity index is 226. The first kappa shape index (κ1) is 16.1. The third-order valence-corrected chi connectivity index (χ3v) is 3.22. The average molecular weight is 241 g/mol. The molecule has 1 amide bonds. The number of Topliss-reactive ketones (excluding diaryl/α,β-unsaturated/α-hetero) is 1. The van der Waals surface area contributed by atoms with Crippen LogP contribution in [0, 0.1) is 5.92 Å². The Labute approximate surface area is 105 Å². The van der Waals surface area contributed by atoms with Crippen molar-refractivity contribution in [2.75, 3.05) is 7.05 Å². The third kappa shape index (κ3) is 7.14. The average Bonchev–Trinajstić information content (AvgIpc) is 2.36. The minimum atomic E-state index is -0.442. The summed E-state index contributed by atoms with van der Waals surface area (Å²) in [6.45, 7) is 4.18. The lowest BCUT2D eigenvalue weighted by Gasteiger charge is -2.12. The molecule has 3 heteroatoms. The second kappa shape index (κ2) is 10.3. The molecule has 0 heterocycles. The van der Waals surface area contributed by atoms with Crippen molar-refractivity contribution in [1.29, 1.82) is 0 Å². The van der Waals surface area contributed by atoms with Gasteiger partial charge in [-0.15, -0.1) is 0 Å². The van der Waals surface area contributed by atoms with E-state index < -0.39 is 5.91 Å². The first-order chi connectivity index (χ1) is 8.17. The second-order valence-corrected chi connectivity index (χ2v) is 4.60. The van der Waals surface area contributed by atoms with E-state index >= 15 is 0 Å². The van der Waals surface area contributed by atoms with Crippen LogP contribution in [0.15, 0.2) is 0 Å². The molecular formula is C14H27NO2. The highest BCUT2D eigenvalue weighted by atomic mass is 16.2. The maximum Gasteiger partial charge on any atom is 0.287 e. The molecule has 0 spiro atoms. The van der Waals surface area contributed by atoms with Crippen molar-refractivity contribution in [2.45, 2.75) is 65.2 Å². The first-order valence-corrected chi connectivity index (χ1v) is 6.93. The number of amides is 1. The predicted octanol–water partition coefficient (Wildman–Crippen LogP) is 3.08. The molecule has 0 bridgehead atoms. The number of rotatable bonds is 10. The van der Waals surface area contributed by atoms with Crippen LogP contribution in [0.2, 0.25) is 0 Å². The van der Waals surface area contributed by atoms with E-state index in [2.05, 4.69) is 12.2 Å². The lowest BCUT2D eigenvalue weighted by atomic mass is 9.93. The zero-order valence-electron chi connectivity index (χ0n) is 11.6. The summed E-state index contributed by atoms with van der Waals surface area (Å²) in [5.41, 5.74) is 0. The molecule has 17 heavy (non-hydrogen) atoms. The van der Waals surface area contributed by atoms with Gasteiger partial charge in [-0.1, -0.05) is 52.4 Å². The number of carbonyl (C=O) groups is 2. The molecule has 0 rings (SSSR count). The highest BCUT2D eigenvalue weighted by Crippen LogP contribution is 2.16. The predicted molar refractivity (Wildman–Crippen MR) is 70.8 cm³/mol. The van der Waals surface area contributed by atoms with E-state index in [0.29, 0.717) is 0 Å². The number of hydrogen-bond acceptors (Lipinski definition) is 2. The van der Waals surface area contributed by atoms with Crippen LogP contribution in [-0.4, -0.2) is 18.7 Å². The molecule has 1 atom stereocenters. The highest BCUT2D eigenvalue weighted by molar-refractivity contribution is 6.36. The Hall–Kier alpha value is -0.860. The molecule has 0 aliphatic carbocycles. The maximum absolute atomic E-state index is 11.7. The van der Waals surface area contributed by atoms with Gasteiger partial charge in [0.2, 0.25) is 5.78 Å². The highest BCUT2D eigenvalue weighted by Gasteiger charge is 2.21. The minimum absolute atomic E-state index is 0.0823. The summed E-state index contributed by atoms with van der Waals surface area (Å²) >= 11 is 0. The fourth-order valence-corrected chi connectivity index (χ4v) is 2.00. The summed E-state index contributed by atoms with van der Waals surface area (Å²) < 4.78 is 0. The van der Waals surface area contributed by atoms with Gasteiger partial charge in [0.1, 0.15) is 0 Å². The van der Waals surface area contributed by atoms with Gasteiger partial charge in [-0.05, 0) is 12.8 Å². The van der Waals surface area contributed by atoms with Gasteiger partial charge in [0.15, 0.2) is 0 Å². The fourth-order valence-electron chi connectivity index (χ4n) is 2.00. The van der Waals surface area contributed by atoms with E-state index in [1.54, 1.807) is 0 Å². The van der Waals surface area contributed by atoms with Crippen molar-refractivity contribution in [2.24, 2.45) is 5.92 Å². The molecule has 1 unspecified atom stereocenters. The smallest absolute Gasteiger partial charge is 0.287 e.